The Kier molecular flexibility index (Phi) is 48.5. The highest BCUT2D eigenvalue weighted by Crippen LogP contribution is 2.12. The molecule has 0 amide bonds. The summed E-state index contributed by atoms with van der Waals surface area (Å²) in [4.78, 5) is 38.0. The van der Waals surface area contributed by atoms with Gasteiger partial charge in [-0.1, -0.05) is 194 Å². The van der Waals surface area contributed by atoms with E-state index in [1.54, 1.807) is 0 Å². The minimum Gasteiger partial charge on any atom is -0.462 e. The minimum absolute atomic E-state index is 0.113. The van der Waals surface area contributed by atoms with Crippen LogP contribution in [0.5, 0.6) is 0 Å². The predicted octanol–water partition coefficient (Wildman–Crippen LogP) is 17.1. The molecule has 0 aromatic heterocycles. The third-order valence-electron chi connectivity index (χ3n) is 10.5. The first kappa shape index (κ1) is 60.1. The Morgan fingerprint density at radius 2 is 0.656 bits per heavy atom. The molecule has 64 heavy (non-hydrogen) atoms. The minimum atomic E-state index is -0.816. The molecule has 0 saturated heterocycles. The van der Waals surface area contributed by atoms with Crippen molar-refractivity contribution in [2.75, 3.05) is 13.2 Å². The highest BCUT2D eigenvalue weighted by molar-refractivity contribution is 5.71. The van der Waals surface area contributed by atoms with Crippen molar-refractivity contribution < 1.29 is 28.6 Å². The summed E-state index contributed by atoms with van der Waals surface area (Å²) in [6, 6.07) is 0. The third kappa shape index (κ3) is 49.1. The quantitative estimate of drug-likeness (QED) is 0.0199. The maximum absolute atomic E-state index is 12.8. The number of rotatable bonds is 45. The van der Waals surface area contributed by atoms with Crippen molar-refractivity contribution in [2.24, 2.45) is 0 Å². The molecule has 0 aliphatic rings. The zero-order valence-electron chi connectivity index (χ0n) is 41.3. The number of unbranched alkanes of at least 4 members (excludes halogenated alkanes) is 17. The third-order valence-corrected chi connectivity index (χ3v) is 10.5. The Morgan fingerprint density at radius 1 is 0.344 bits per heavy atom. The lowest BCUT2D eigenvalue weighted by atomic mass is 10.1. The van der Waals surface area contributed by atoms with Crippen LogP contribution in [0.15, 0.2) is 109 Å². The average molecular weight is 887 g/mol. The van der Waals surface area contributed by atoms with Crippen LogP contribution in [0.3, 0.4) is 0 Å². The molecule has 0 aromatic carbocycles. The molecule has 0 saturated carbocycles. The molecule has 0 heterocycles. The van der Waals surface area contributed by atoms with E-state index < -0.39 is 6.10 Å². The van der Waals surface area contributed by atoms with Crippen LogP contribution in [0.1, 0.15) is 220 Å². The number of esters is 3. The maximum Gasteiger partial charge on any atom is 0.306 e. The topological polar surface area (TPSA) is 78.9 Å². The van der Waals surface area contributed by atoms with E-state index >= 15 is 0 Å². The van der Waals surface area contributed by atoms with Crippen LogP contribution >= 0.6 is 0 Å². The Morgan fingerprint density at radius 3 is 1.06 bits per heavy atom. The summed E-state index contributed by atoms with van der Waals surface area (Å²) in [6.07, 6.45) is 69.3. The van der Waals surface area contributed by atoms with Gasteiger partial charge in [-0.15, -0.1) is 0 Å². The first-order valence-electron chi connectivity index (χ1n) is 25.9. The van der Waals surface area contributed by atoms with Gasteiger partial charge in [-0.2, -0.15) is 0 Å². The molecule has 0 aliphatic carbocycles. The molecule has 0 radical (unpaired) electrons. The lowest BCUT2D eigenvalue weighted by molar-refractivity contribution is -0.167. The van der Waals surface area contributed by atoms with Gasteiger partial charge in [-0.3, -0.25) is 14.4 Å². The van der Waals surface area contributed by atoms with Crippen LogP contribution in [0.4, 0.5) is 0 Å². The normalized spacial score (nSPS) is 13.0. The van der Waals surface area contributed by atoms with Crippen molar-refractivity contribution in [3.8, 4) is 0 Å². The number of carbonyl (C=O) groups is 3. The number of carbonyl (C=O) groups excluding carboxylic acids is 3. The molecule has 362 valence electrons. The molecule has 1 atom stereocenters. The van der Waals surface area contributed by atoms with Crippen molar-refractivity contribution in [1.82, 2.24) is 0 Å². The van der Waals surface area contributed by atoms with Gasteiger partial charge in [0.2, 0.25) is 0 Å². The molecule has 0 aliphatic heterocycles. The van der Waals surface area contributed by atoms with E-state index in [0.29, 0.717) is 12.8 Å². The number of hydrogen-bond acceptors (Lipinski definition) is 6. The first-order valence-corrected chi connectivity index (χ1v) is 25.9. The van der Waals surface area contributed by atoms with Gasteiger partial charge < -0.3 is 14.2 Å². The van der Waals surface area contributed by atoms with Gasteiger partial charge >= 0.3 is 17.9 Å². The van der Waals surface area contributed by atoms with Gasteiger partial charge in [-0.05, 0) is 116 Å². The van der Waals surface area contributed by atoms with Crippen LogP contribution in [0.2, 0.25) is 0 Å². The molecule has 0 spiro atoms. The van der Waals surface area contributed by atoms with Gasteiger partial charge in [0, 0.05) is 19.3 Å². The summed E-state index contributed by atoms with van der Waals surface area (Å²) in [6.45, 7) is 6.32. The summed E-state index contributed by atoms with van der Waals surface area (Å²) >= 11 is 0. The number of ether oxygens (including phenoxy) is 3. The Labute approximate surface area is 393 Å². The average Bonchev–Trinajstić information content (AvgIpc) is 3.29. The second-order valence-electron chi connectivity index (χ2n) is 16.7. The van der Waals surface area contributed by atoms with E-state index in [9.17, 15) is 14.4 Å². The van der Waals surface area contributed by atoms with E-state index in [2.05, 4.69) is 130 Å². The van der Waals surface area contributed by atoms with Gasteiger partial charge in [0.1, 0.15) is 13.2 Å². The van der Waals surface area contributed by atoms with Gasteiger partial charge in [0.05, 0.1) is 0 Å². The fourth-order valence-electron chi connectivity index (χ4n) is 6.67. The summed E-state index contributed by atoms with van der Waals surface area (Å²) in [5, 5.41) is 0. The summed E-state index contributed by atoms with van der Waals surface area (Å²) in [5.74, 6) is -0.997. The monoisotopic (exact) mass is 887 g/mol. The summed E-state index contributed by atoms with van der Waals surface area (Å²) < 4.78 is 16.7. The van der Waals surface area contributed by atoms with Gasteiger partial charge in [0.25, 0.3) is 0 Å². The largest absolute Gasteiger partial charge is 0.462 e. The SMILES string of the molecule is CC/C=C\C/C=C\C/C=C\C/C=C\CCCCCC(=O)OCC(COC(=O)CCCCCC/C=C\C/C=C\C/C=C\CC)OC(=O)CCCCC/C=C\C=C/CCCCCCCCC. The Hall–Kier alpha value is -3.93. The molecule has 6 nitrogen and oxygen atoms in total. The van der Waals surface area contributed by atoms with Crippen LogP contribution in [0.25, 0.3) is 0 Å². The molecule has 0 rings (SSSR count). The fourth-order valence-corrected chi connectivity index (χ4v) is 6.67. The zero-order valence-corrected chi connectivity index (χ0v) is 41.3. The molecule has 0 aromatic rings. The van der Waals surface area contributed by atoms with Crippen molar-refractivity contribution >= 4 is 17.9 Å². The van der Waals surface area contributed by atoms with Crippen molar-refractivity contribution in [2.45, 2.75) is 226 Å². The van der Waals surface area contributed by atoms with E-state index in [1.165, 1.54) is 44.9 Å². The first-order chi connectivity index (χ1) is 31.5. The molecule has 1 unspecified atom stereocenters. The van der Waals surface area contributed by atoms with Crippen LogP contribution in [-0.2, 0) is 28.6 Å². The van der Waals surface area contributed by atoms with Crippen molar-refractivity contribution in [3.05, 3.63) is 109 Å². The number of allylic oxidation sites excluding steroid dienone is 18. The molecular weight excluding hydrogens is 793 g/mol. The summed E-state index contributed by atoms with van der Waals surface area (Å²) in [5.41, 5.74) is 0. The van der Waals surface area contributed by atoms with Crippen LogP contribution in [-0.4, -0.2) is 37.2 Å². The molecule has 0 N–H and O–H groups in total. The van der Waals surface area contributed by atoms with Crippen molar-refractivity contribution in [1.29, 1.82) is 0 Å². The maximum atomic E-state index is 12.8. The zero-order chi connectivity index (χ0) is 46.5. The molecule has 0 bridgehead atoms. The number of hydrogen-bond donors (Lipinski definition) is 0. The summed E-state index contributed by atoms with van der Waals surface area (Å²) in [7, 11) is 0. The highest BCUT2D eigenvalue weighted by atomic mass is 16.6. The second kappa shape index (κ2) is 51.7. The Bertz CT molecular complexity index is 1340. The van der Waals surface area contributed by atoms with Crippen LogP contribution < -0.4 is 0 Å². The van der Waals surface area contributed by atoms with E-state index in [0.717, 1.165) is 135 Å². The van der Waals surface area contributed by atoms with E-state index in [1.807, 2.05) is 0 Å². The molecule has 6 heteroatoms. The molecule has 0 fully saturated rings. The smallest absolute Gasteiger partial charge is 0.306 e. The molecular formula is C58H94O6. The Balaban J connectivity index is 4.54. The second-order valence-corrected chi connectivity index (χ2v) is 16.7. The van der Waals surface area contributed by atoms with E-state index in [4.69, 9.17) is 14.2 Å². The fraction of sp³-hybridized carbons (Fsp3) is 0.638. The predicted molar refractivity (Wildman–Crippen MR) is 274 cm³/mol. The van der Waals surface area contributed by atoms with Gasteiger partial charge in [-0.25, -0.2) is 0 Å². The lowest BCUT2D eigenvalue weighted by Crippen LogP contribution is -2.30. The highest BCUT2D eigenvalue weighted by Gasteiger charge is 2.19. The van der Waals surface area contributed by atoms with E-state index in [-0.39, 0.29) is 37.5 Å². The van der Waals surface area contributed by atoms with Crippen molar-refractivity contribution in [3.63, 3.8) is 0 Å². The lowest BCUT2D eigenvalue weighted by Gasteiger charge is -2.18. The van der Waals surface area contributed by atoms with Crippen LogP contribution in [0, 0.1) is 0 Å². The van der Waals surface area contributed by atoms with Gasteiger partial charge in [0.15, 0.2) is 6.10 Å². The standard InChI is InChI=1S/C58H94O6/c1-4-7-10-13-16-19-22-25-28-30-33-36-39-42-45-48-51-57(60)63-54-55(53-62-56(59)50-47-44-41-38-35-32-27-24-21-18-15-12-9-6-3)64-58(61)52-49-46-43-40-37-34-31-29-26-23-20-17-14-11-8-5-2/h7,9-10,12,16,18-19,21,25,27-29,31-34,36-37,55H,4-6,8,11,13-15,17,20,22-24,26,30,35,38-54H2,1-3H3/b10-7-,12-9-,19-16-,21-18-,28-25-,31-29-,32-27-,36-33-,37-34-.